The van der Waals surface area contributed by atoms with Gasteiger partial charge in [0.2, 0.25) is 0 Å². The highest BCUT2D eigenvalue weighted by atomic mass is 127. The molecule has 1 amide bonds. The van der Waals surface area contributed by atoms with Crippen LogP contribution in [0.5, 0.6) is 0 Å². The van der Waals surface area contributed by atoms with Crippen molar-refractivity contribution in [3.63, 3.8) is 0 Å². The Kier molecular flexibility index (Phi) is 5.23. The van der Waals surface area contributed by atoms with Gasteiger partial charge in [0.05, 0.1) is 0 Å². The smallest absolute Gasteiger partial charge is 0.406 e. The molecular formula is C10H13IN2O2. The fourth-order valence-corrected chi connectivity index (χ4v) is 1.34. The average Bonchev–Trinajstić information content (AvgIpc) is 2.26. The zero-order valence-electron chi connectivity index (χ0n) is 8.42. The first-order valence-electron chi connectivity index (χ1n) is 4.56. The van der Waals surface area contributed by atoms with E-state index in [4.69, 9.17) is 4.74 Å². The van der Waals surface area contributed by atoms with E-state index in [0.29, 0.717) is 13.2 Å². The minimum absolute atomic E-state index is 0.353. The lowest BCUT2D eigenvalue weighted by molar-refractivity contribution is 0.153. The molecule has 1 aromatic rings. The Morgan fingerprint density at radius 1 is 1.40 bits per heavy atom. The van der Waals surface area contributed by atoms with Crippen LogP contribution in [0.3, 0.4) is 0 Å². The third-order valence-electron chi connectivity index (χ3n) is 1.71. The number of hydrogen-bond acceptors (Lipinski definition) is 3. The predicted molar refractivity (Wildman–Crippen MR) is 68.1 cm³/mol. The minimum Gasteiger partial charge on any atom is -0.448 e. The van der Waals surface area contributed by atoms with E-state index in [9.17, 15) is 4.79 Å². The predicted octanol–water partition coefficient (Wildman–Crippen LogP) is 2.06. The van der Waals surface area contributed by atoms with E-state index in [1.165, 1.54) is 10.6 Å². The van der Waals surface area contributed by atoms with Crippen molar-refractivity contribution in [1.29, 1.82) is 0 Å². The molecule has 0 aromatic heterocycles. The van der Waals surface area contributed by atoms with Gasteiger partial charge < -0.3 is 15.4 Å². The Labute approximate surface area is 103 Å². The molecule has 0 spiro atoms. The lowest BCUT2D eigenvalue weighted by Gasteiger charge is -2.07. The molecule has 1 aromatic carbocycles. The van der Waals surface area contributed by atoms with Crippen molar-refractivity contribution in [1.82, 2.24) is 5.32 Å². The molecule has 0 radical (unpaired) electrons. The molecule has 82 valence electrons. The topological polar surface area (TPSA) is 50.4 Å². The molecular weight excluding hydrogens is 307 g/mol. The molecule has 0 bridgehead atoms. The van der Waals surface area contributed by atoms with Crippen molar-refractivity contribution in [2.75, 3.05) is 25.5 Å². The Morgan fingerprint density at radius 3 is 2.67 bits per heavy atom. The van der Waals surface area contributed by atoms with Crippen LogP contribution in [0.15, 0.2) is 24.3 Å². The Bertz CT molecular complexity index is 314. The van der Waals surface area contributed by atoms with E-state index < -0.39 is 6.09 Å². The SMILES string of the molecule is CNC(=O)OCCNc1ccc(I)cc1. The number of anilines is 1. The summed E-state index contributed by atoms with van der Waals surface area (Å²) in [5, 5.41) is 5.52. The van der Waals surface area contributed by atoms with Gasteiger partial charge in [-0.2, -0.15) is 0 Å². The highest BCUT2D eigenvalue weighted by Gasteiger charge is 1.96. The lowest BCUT2D eigenvalue weighted by Crippen LogP contribution is -2.22. The molecule has 0 unspecified atom stereocenters. The summed E-state index contributed by atoms with van der Waals surface area (Å²) in [7, 11) is 1.54. The second-order valence-electron chi connectivity index (χ2n) is 2.82. The molecule has 0 heterocycles. The van der Waals surface area contributed by atoms with E-state index >= 15 is 0 Å². The van der Waals surface area contributed by atoms with Crippen LogP contribution in [0.2, 0.25) is 0 Å². The zero-order chi connectivity index (χ0) is 11.1. The summed E-state index contributed by atoms with van der Waals surface area (Å²) in [5.41, 5.74) is 1.02. The van der Waals surface area contributed by atoms with Crippen LogP contribution in [0, 0.1) is 3.57 Å². The number of ether oxygens (including phenoxy) is 1. The van der Waals surface area contributed by atoms with Crippen LogP contribution in [0.25, 0.3) is 0 Å². The molecule has 1 rings (SSSR count). The van der Waals surface area contributed by atoms with Crippen molar-refractivity contribution in [3.8, 4) is 0 Å². The number of alkyl carbamates (subject to hydrolysis) is 1. The van der Waals surface area contributed by atoms with E-state index in [1.54, 1.807) is 0 Å². The Morgan fingerprint density at radius 2 is 2.07 bits per heavy atom. The molecule has 0 aliphatic carbocycles. The third-order valence-corrected chi connectivity index (χ3v) is 2.43. The lowest BCUT2D eigenvalue weighted by atomic mass is 10.3. The van der Waals surface area contributed by atoms with Crippen LogP contribution in [-0.2, 0) is 4.74 Å². The highest BCUT2D eigenvalue weighted by molar-refractivity contribution is 14.1. The molecule has 15 heavy (non-hydrogen) atoms. The van der Waals surface area contributed by atoms with Gasteiger partial charge in [-0.15, -0.1) is 0 Å². The number of nitrogens with one attached hydrogen (secondary N) is 2. The van der Waals surface area contributed by atoms with E-state index in [1.807, 2.05) is 24.3 Å². The van der Waals surface area contributed by atoms with Gasteiger partial charge in [0, 0.05) is 22.8 Å². The second-order valence-corrected chi connectivity index (χ2v) is 4.07. The summed E-state index contributed by atoms with van der Waals surface area (Å²) < 4.78 is 6.02. The van der Waals surface area contributed by atoms with Gasteiger partial charge in [0.25, 0.3) is 0 Å². The Balaban J connectivity index is 2.20. The van der Waals surface area contributed by atoms with Gasteiger partial charge >= 0.3 is 6.09 Å². The fraction of sp³-hybridized carbons (Fsp3) is 0.300. The van der Waals surface area contributed by atoms with E-state index in [-0.39, 0.29) is 0 Å². The molecule has 0 saturated heterocycles. The van der Waals surface area contributed by atoms with Crippen molar-refractivity contribution < 1.29 is 9.53 Å². The summed E-state index contributed by atoms with van der Waals surface area (Å²) in [6.45, 7) is 0.958. The standard InChI is InChI=1S/C10H13IN2O2/c1-12-10(14)15-7-6-13-9-4-2-8(11)3-5-9/h2-5,13H,6-7H2,1H3,(H,12,14). The van der Waals surface area contributed by atoms with Crippen LogP contribution in [0.4, 0.5) is 10.5 Å². The first kappa shape index (κ1) is 12.1. The molecule has 0 atom stereocenters. The second kappa shape index (κ2) is 6.49. The number of halogens is 1. The summed E-state index contributed by atoms with van der Waals surface area (Å²) in [6.07, 6.45) is -0.403. The van der Waals surface area contributed by atoms with E-state index in [0.717, 1.165) is 5.69 Å². The van der Waals surface area contributed by atoms with E-state index in [2.05, 4.69) is 33.2 Å². The van der Waals surface area contributed by atoms with Crippen molar-refractivity contribution in [2.24, 2.45) is 0 Å². The molecule has 0 fully saturated rings. The van der Waals surface area contributed by atoms with Crippen LogP contribution >= 0.6 is 22.6 Å². The molecule has 0 aliphatic rings. The van der Waals surface area contributed by atoms with Crippen molar-refractivity contribution in [3.05, 3.63) is 27.8 Å². The van der Waals surface area contributed by atoms with Crippen LogP contribution in [0.1, 0.15) is 0 Å². The summed E-state index contributed by atoms with van der Waals surface area (Å²) in [6, 6.07) is 8.01. The van der Waals surface area contributed by atoms with Gasteiger partial charge in [-0.1, -0.05) is 0 Å². The van der Waals surface area contributed by atoms with Gasteiger partial charge in [0.15, 0.2) is 0 Å². The maximum atomic E-state index is 10.7. The number of carbonyl (C=O) groups excluding carboxylic acids is 1. The Hall–Kier alpha value is -0.980. The molecule has 0 saturated carbocycles. The largest absolute Gasteiger partial charge is 0.448 e. The van der Waals surface area contributed by atoms with Gasteiger partial charge in [0.1, 0.15) is 6.61 Å². The average molecular weight is 320 g/mol. The molecule has 5 heteroatoms. The summed E-state index contributed by atoms with van der Waals surface area (Å²) in [5.74, 6) is 0. The number of benzene rings is 1. The van der Waals surface area contributed by atoms with Crippen LogP contribution < -0.4 is 10.6 Å². The van der Waals surface area contributed by atoms with Crippen LogP contribution in [-0.4, -0.2) is 26.3 Å². The number of amides is 1. The summed E-state index contributed by atoms with van der Waals surface area (Å²) >= 11 is 2.25. The normalized spacial score (nSPS) is 9.47. The first-order valence-corrected chi connectivity index (χ1v) is 5.64. The van der Waals surface area contributed by atoms with Crippen molar-refractivity contribution >= 4 is 34.4 Å². The summed E-state index contributed by atoms with van der Waals surface area (Å²) in [4.78, 5) is 10.7. The van der Waals surface area contributed by atoms with Gasteiger partial charge in [-0.25, -0.2) is 4.79 Å². The fourth-order valence-electron chi connectivity index (χ4n) is 0.979. The maximum Gasteiger partial charge on any atom is 0.406 e. The van der Waals surface area contributed by atoms with Gasteiger partial charge in [-0.3, -0.25) is 0 Å². The molecule has 2 N–H and O–H groups in total. The number of rotatable bonds is 4. The maximum absolute atomic E-state index is 10.7. The monoisotopic (exact) mass is 320 g/mol. The molecule has 0 aliphatic heterocycles. The number of hydrogen-bond donors (Lipinski definition) is 2. The minimum atomic E-state index is -0.403. The number of carbonyl (C=O) groups is 1. The zero-order valence-corrected chi connectivity index (χ0v) is 10.6. The van der Waals surface area contributed by atoms with Gasteiger partial charge in [-0.05, 0) is 46.9 Å². The third kappa shape index (κ3) is 4.87. The quantitative estimate of drug-likeness (QED) is 0.659. The molecule has 4 nitrogen and oxygen atoms in total. The van der Waals surface area contributed by atoms with Crippen molar-refractivity contribution in [2.45, 2.75) is 0 Å². The first-order chi connectivity index (χ1) is 7.22. The highest BCUT2D eigenvalue weighted by Crippen LogP contribution is 2.10.